The van der Waals surface area contributed by atoms with Gasteiger partial charge in [0.25, 0.3) is 0 Å². The summed E-state index contributed by atoms with van der Waals surface area (Å²) in [5.41, 5.74) is 0.532. The average Bonchev–Trinajstić information content (AvgIpc) is 3.09. The Kier molecular flexibility index (Phi) is 6.80. The number of nitrogens with zero attached hydrogens (tertiary/aromatic N) is 3. The van der Waals surface area contributed by atoms with Crippen LogP contribution in [0, 0.1) is 10.1 Å². The fourth-order valence-electron chi connectivity index (χ4n) is 2.68. The third-order valence-corrected chi connectivity index (χ3v) is 4.01. The van der Waals surface area contributed by atoms with Crippen LogP contribution in [0.3, 0.4) is 0 Å². The van der Waals surface area contributed by atoms with Crippen LogP contribution in [0.2, 0.25) is 0 Å². The predicted octanol–water partition coefficient (Wildman–Crippen LogP) is 4.45. The summed E-state index contributed by atoms with van der Waals surface area (Å²) in [5.74, 6) is 1.20. The van der Waals surface area contributed by atoms with Gasteiger partial charge in [-0.1, -0.05) is 26.2 Å². The van der Waals surface area contributed by atoms with Gasteiger partial charge in [-0.3, -0.25) is 10.1 Å². The smallest absolute Gasteiger partial charge is 0.315 e. The molecule has 0 radical (unpaired) electrons. The first-order valence-electron chi connectivity index (χ1n) is 8.63. The molecule has 0 spiro atoms. The molecule has 0 amide bonds. The molecule has 7 nitrogen and oxygen atoms in total. The van der Waals surface area contributed by atoms with Gasteiger partial charge in [-0.15, -0.1) is 0 Å². The Morgan fingerprint density at radius 3 is 2.68 bits per heavy atom. The first-order chi connectivity index (χ1) is 12.1. The molecular formula is C18H25N3O4. The van der Waals surface area contributed by atoms with Gasteiger partial charge in [0, 0.05) is 30.6 Å². The van der Waals surface area contributed by atoms with Crippen molar-refractivity contribution >= 4 is 5.69 Å². The predicted molar refractivity (Wildman–Crippen MR) is 96.2 cm³/mol. The normalized spacial score (nSPS) is 10.7. The number of benzene rings is 1. The highest BCUT2D eigenvalue weighted by molar-refractivity contribution is 5.69. The summed E-state index contributed by atoms with van der Waals surface area (Å²) < 4.78 is 13.0. The van der Waals surface area contributed by atoms with Gasteiger partial charge in [0.15, 0.2) is 5.75 Å². The van der Waals surface area contributed by atoms with Gasteiger partial charge in [0.2, 0.25) is 5.75 Å². The van der Waals surface area contributed by atoms with Crippen molar-refractivity contribution in [3.63, 3.8) is 0 Å². The van der Waals surface area contributed by atoms with Crippen LogP contribution in [0.4, 0.5) is 5.69 Å². The third kappa shape index (κ3) is 4.49. The molecule has 2 rings (SSSR count). The highest BCUT2D eigenvalue weighted by Gasteiger charge is 2.24. The van der Waals surface area contributed by atoms with E-state index in [9.17, 15) is 10.1 Å². The Hall–Kier alpha value is -2.57. The van der Waals surface area contributed by atoms with E-state index in [1.807, 2.05) is 17.7 Å². The van der Waals surface area contributed by atoms with Crippen LogP contribution in [0.15, 0.2) is 24.5 Å². The van der Waals surface area contributed by atoms with Crippen LogP contribution >= 0.6 is 0 Å². The number of nitro groups is 1. The zero-order valence-electron chi connectivity index (χ0n) is 15.0. The second kappa shape index (κ2) is 9.05. The minimum Gasteiger partial charge on any atom is -0.493 e. The summed E-state index contributed by atoms with van der Waals surface area (Å²) >= 11 is 0. The van der Waals surface area contributed by atoms with Crippen molar-refractivity contribution in [3.05, 3.63) is 34.6 Å². The van der Waals surface area contributed by atoms with Crippen molar-refractivity contribution in [2.75, 3.05) is 13.7 Å². The van der Waals surface area contributed by atoms with Crippen LogP contribution in [0.25, 0.3) is 11.4 Å². The molecule has 0 fully saturated rings. The largest absolute Gasteiger partial charge is 0.493 e. The molecule has 0 N–H and O–H groups in total. The monoisotopic (exact) mass is 347 g/mol. The summed E-state index contributed by atoms with van der Waals surface area (Å²) in [6.45, 7) is 5.28. The SMILES string of the molecule is CCCCCCOc1c(OC)cc(-c2nccn2CC)cc1[N+](=O)[O-]. The van der Waals surface area contributed by atoms with E-state index in [4.69, 9.17) is 9.47 Å². The Bertz CT molecular complexity index is 712. The summed E-state index contributed by atoms with van der Waals surface area (Å²) in [6, 6.07) is 3.24. The number of unbranched alkanes of at least 4 members (excludes halogenated alkanes) is 3. The number of imidazole rings is 1. The van der Waals surface area contributed by atoms with Crippen molar-refractivity contribution in [1.29, 1.82) is 0 Å². The van der Waals surface area contributed by atoms with Crippen LogP contribution in [0.1, 0.15) is 39.5 Å². The standard InChI is InChI=1S/C18H25N3O4/c1-4-6-7-8-11-25-17-15(21(22)23)12-14(13-16(17)24-3)18-19-9-10-20(18)5-2/h9-10,12-13H,4-8,11H2,1-3H3. The molecule has 0 saturated heterocycles. The maximum Gasteiger partial charge on any atom is 0.315 e. The fraction of sp³-hybridized carbons (Fsp3) is 0.500. The lowest BCUT2D eigenvalue weighted by Crippen LogP contribution is -2.04. The number of methoxy groups -OCH3 is 1. The molecule has 1 heterocycles. The van der Waals surface area contributed by atoms with E-state index in [0.29, 0.717) is 23.7 Å². The number of rotatable bonds is 10. The maximum atomic E-state index is 11.5. The van der Waals surface area contributed by atoms with E-state index in [1.54, 1.807) is 12.3 Å². The summed E-state index contributed by atoms with van der Waals surface area (Å²) in [4.78, 5) is 15.4. The number of nitro benzene ring substituents is 1. The number of aromatic nitrogens is 2. The van der Waals surface area contributed by atoms with Crippen molar-refractivity contribution in [1.82, 2.24) is 9.55 Å². The van der Waals surface area contributed by atoms with Gasteiger partial charge in [-0.05, 0) is 19.4 Å². The Balaban J connectivity index is 2.34. The Labute approximate surface area is 147 Å². The van der Waals surface area contributed by atoms with Crippen LogP contribution in [-0.2, 0) is 6.54 Å². The number of aryl methyl sites for hydroxylation is 1. The molecule has 7 heteroatoms. The highest BCUT2D eigenvalue weighted by Crippen LogP contribution is 2.41. The van der Waals surface area contributed by atoms with Crippen molar-refractivity contribution in [3.8, 4) is 22.9 Å². The van der Waals surface area contributed by atoms with E-state index in [1.165, 1.54) is 13.2 Å². The summed E-state index contributed by atoms with van der Waals surface area (Å²) in [5, 5.41) is 11.5. The number of ether oxygens (including phenoxy) is 2. The van der Waals surface area contributed by atoms with Gasteiger partial charge in [-0.2, -0.15) is 0 Å². The molecule has 0 bridgehead atoms. The Morgan fingerprint density at radius 2 is 2.04 bits per heavy atom. The van der Waals surface area contributed by atoms with E-state index < -0.39 is 4.92 Å². The molecule has 1 aromatic carbocycles. The zero-order chi connectivity index (χ0) is 18.2. The zero-order valence-corrected chi connectivity index (χ0v) is 15.0. The number of hydrogen-bond acceptors (Lipinski definition) is 5. The third-order valence-electron chi connectivity index (χ3n) is 4.01. The molecule has 0 saturated carbocycles. The first kappa shape index (κ1) is 18.8. The average molecular weight is 347 g/mol. The van der Waals surface area contributed by atoms with Gasteiger partial charge >= 0.3 is 5.69 Å². The molecule has 0 atom stereocenters. The highest BCUT2D eigenvalue weighted by atomic mass is 16.6. The van der Waals surface area contributed by atoms with E-state index >= 15 is 0 Å². The Morgan fingerprint density at radius 1 is 1.24 bits per heavy atom. The van der Waals surface area contributed by atoms with E-state index in [0.717, 1.165) is 32.2 Å². The first-order valence-corrected chi connectivity index (χ1v) is 8.63. The molecule has 0 aliphatic rings. The van der Waals surface area contributed by atoms with Gasteiger partial charge < -0.3 is 14.0 Å². The molecule has 136 valence electrons. The summed E-state index contributed by atoms with van der Waals surface area (Å²) in [6.07, 6.45) is 7.67. The van der Waals surface area contributed by atoms with Crippen LogP contribution in [0.5, 0.6) is 11.5 Å². The van der Waals surface area contributed by atoms with Gasteiger partial charge in [0.05, 0.1) is 18.6 Å². The van der Waals surface area contributed by atoms with Crippen molar-refractivity contribution in [2.45, 2.75) is 46.1 Å². The van der Waals surface area contributed by atoms with Crippen LogP contribution < -0.4 is 9.47 Å². The molecule has 0 aliphatic carbocycles. The molecule has 2 aromatic rings. The lowest BCUT2D eigenvalue weighted by atomic mass is 10.1. The fourth-order valence-corrected chi connectivity index (χ4v) is 2.68. The summed E-state index contributed by atoms with van der Waals surface area (Å²) in [7, 11) is 1.49. The van der Waals surface area contributed by atoms with Gasteiger partial charge in [-0.25, -0.2) is 4.98 Å². The topological polar surface area (TPSA) is 79.4 Å². The molecule has 25 heavy (non-hydrogen) atoms. The second-order valence-corrected chi connectivity index (χ2v) is 5.73. The lowest BCUT2D eigenvalue weighted by molar-refractivity contribution is -0.385. The van der Waals surface area contributed by atoms with E-state index in [2.05, 4.69) is 11.9 Å². The van der Waals surface area contributed by atoms with Crippen molar-refractivity contribution in [2.24, 2.45) is 0 Å². The molecule has 1 aromatic heterocycles. The minimum atomic E-state index is -0.438. The molecule has 0 unspecified atom stereocenters. The maximum absolute atomic E-state index is 11.5. The number of hydrogen-bond donors (Lipinski definition) is 0. The van der Waals surface area contributed by atoms with Gasteiger partial charge in [0.1, 0.15) is 5.82 Å². The second-order valence-electron chi connectivity index (χ2n) is 5.73. The minimum absolute atomic E-state index is 0.101. The van der Waals surface area contributed by atoms with E-state index in [-0.39, 0.29) is 11.4 Å². The van der Waals surface area contributed by atoms with Crippen molar-refractivity contribution < 1.29 is 14.4 Å². The lowest BCUT2D eigenvalue weighted by Gasteiger charge is -2.13. The molecular weight excluding hydrogens is 322 g/mol. The van der Waals surface area contributed by atoms with Crippen LogP contribution in [-0.4, -0.2) is 28.2 Å². The molecule has 0 aliphatic heterocycles. The quantitative estimate of drug-likeness (QED) is 0.360.